The number of carbonyl (C=O) groups excluding carboxylic acids is 1. The molecule has 1 amide bonds. The largest absolute Gasteiger partial charge is 0.297 e. The smallest absolute Gasteiger partial charge is 0.250 e. The Balaban J connectivity index is 1.61. The van der Waals surface area contributed by atoms with Crippen LogP contribution in [0.5, 0.6) is 0 Å². The van der Waals surface area contributed by atoms with Crippen LogP contribution in [0.1, 0.15) is 16.1 Å². The van der Waals surface area contributed by atoms with E-state index in [2.05, 4.69) is 15.5 Å². The zero-order valence-corrected chi connectivity index (χ0v) is 13.5. The molecule has 3 rings (SSSR count). The minimum absolute atomic E-state index is 0.274. The van der Waals surface area contributed by atoms with Crippen LogP contribution in [0.3, 0.4) is 0 Å². The SMILES string of the molecule is O=C(/C=C/c1ccccc1)Nc1nnc(Cc2ccccc2F)s1. The average Bonchev–Trinajstić information content (AvgIpc) is 3.03. The normalized spacial score (nSPS) is 10.9. The van der Waals surface area contributed by atoms with Gasteiger partial charge in [0.2, 0.25) is 11.0 Å². The van der Waals surface area contributed by atoms with Gasteiger partial charge < -0.3 is 0 Å². The van der Waals surface area contributed by atoms with Crippen LogP contribution < -0.4 is 5.32 Å². The molecule has 6 heteroatoms. The van der Waals surface area contributed by atoms with Gasteiger partial charge in [-0.15, -0.1) is 10.2 Å². The highest BCUT2D eigenvalue weighted by Crippen LogP contribution is 2.20. The highest BCUT2D eigenvalue weighted by Gasteiger charge is 2.09. The maximum atomic E-state index is 13.6. The third-order valence-corrected chi connectivity index (χ3v) is 4.06. The first kappa shape index (κ1) is 16.0. The molecule has 0 unspecified atom stereocenters. The molecule has 0 saturated carbocycles. The molecule has 0 fully saturated rings. The van der Waals surface area contributed by atoms with Crippen molar-refractivity contribution in [1.29, 1.82) is 0 Å². The number of nitrogens with one attached hydrogen (secondary N) is 1. The average molecular weight is 339 g/mol. The number of hydrogen-bond acceptors (Lipinski definition) is 4. The quantitative estimate of drug-likeness (QED) is 0.717. The van der Waals surface area contributed by atoms with Crippen molar-refractivity contribution in [3.05, 3.63) is 82.6 Å². The van der Waals surface area contributed by atoms with Crippen molar-refractivity contribution in [2.75, 3.05) is 5.32 Å². The van der Waals surface area contributed by atoms with E-state index in [1.807, 2.05) is 30.3 Å². The van der Waals surface area contributed by atoms with Gasteiger partial charge in [0.05, 0.1) is 0 Å². The van der Waals surface area contributed by atoms with E-state index in [9.17, 15) is 9.18 Å². The lowest BCUT2D eigenvalue weighted by molar-refractivity contribution is -0.111. The van der Waals surface area contributed by atoms with E-state index in [1.54, 1.807) is 24.3 Å². The van der Waals surface area contributed by atoms with E-state index in [0.717, 1.165) is 5.56 Å². The van der Waals surface area contributed by atoms with Gasteiger partial charge in [-0.3, -0.25) is 10.1 Å². The molecule has 0 aliphatic carbocycles. The lowest BCUT2D eigenvalue weighted by atomic mass is 10.1. The van der Waals surface area contributed by atoms with Crippen LogP contribution in [0.15, 0.2) is 60.7 Å². The molecule has 1 aromatic heterocycles. The second kappa shape index (κ2) is 7.61. The van der Waals surface area contributed by atoms with Crippen molar-refractivity contribution in [2.24, 2.45) is 0 Å². The van der Waals surface area contributed by atoms with Crippen LogP contribution in [-0.2, 0) is 11.2 Å². The Bertz CT molecular complexity index is 861. The molecule has 0 aliphatic heterocycles. The first-order valence-electron chi connectivity index (χ1n) is 7.30. The van der Waals surface area contributed by atoms with E-state index in [-0.39, 0.29) is 11.7 Å². The van der Waals surface area contributed by atoms with E-state index >= 15 is 0 Å². The summed E-state index contributed by atoms with van der Waals surface area (Å²) >= 11 is 1.23. The molecule has 4 nitrogen and oxygen atoms in total. The summed E-state index contributed by atoms with van der Waals surface area (Å²) < 4.78 is 13.6. The lowest BCUT2D eigenvalue weighted by Crippen LogP contribution is -2.07. The van der Waals surface area contributed by atoms with Crippen LogP contribution in [0, 0.1) is 5.82 Å². The van der Waals surface area contributed by atoms with Crippen molar-refractivity contribution < 1.29 is 9.18 Å². The maximum absolute atomic E-state index is 13.6. The summed E-state index contributed by atoms with van der Waals surface area (Å²) in [5.41, 5.74) is 1.49. The second-order valence-corrected chi connectivity index (χ2v) is 6.06. The van der Waals surface area contributed by atoms with E-state index < -0.39 is 0 Å². The molecule has 3 aromatic rings. The molecule has 0 bridgehead atoms. The van der Waals surface area contributed by atoms with E-state index in [4.69, 9.17) is 0 Å². The fourth-order valence-corrected chi connectivity index (χ4v) is 2.83. The summed E-state index contributed by atoms with van der Waals surface area (Å²) in [5, 5.41) is 11.6. The van der Waals surface area contributed by atoms with Crippen molar-refractivity contribution in [2.45, 2.75) is 6.42 Å². The molecule has 0 spiro atoms. The monoisotopic (exact) mass is 339 g/mol. The molecule has 0 atom stereocenters. The summed E-state index contributed by atoms with van der Waals surface area (Å²) in [4.78, 5) is 11.9. The van der Waals surface area contributed by atoms with Crippen LogP contribution in [-0.4, -0.2) is 16.1 Å². The third-order valence-electron chi connectivity index (χ3n) is 3.22. The fourth-order valence-electron chi connectivity index (χ4n) is 2.06. The molecule has 24 heavy (non-hydrogen) atoms. The fraction of sp³-hybridized carbons (Fsp3) is 0.0556. The van der Waals surface area contributed by atoms with Crippen LogP contribution in [0.4, 0.5) is 9.52 Å². The Kier molecular flexibility index (Phi) is 5.08. The van der Waals surface area contributed by atoms with Gasteiger partial charge in [0, 0.05) is 12.5 Å². The zero-order chi connectivity index (χ0) is 16.8. The first-order valence-corrected chi connectivity index (χ1v) is 8.12. The number of nitrogens with zero attached hydrogens (tertiary/aromatic N) is 2. The Morgan fingerprint density at radius 3 is 2.62 bits per heavy atom. The topological polar surface area (TPSA) is 54.9 Å². The molecular weight excluding hydrogens is 325 g/mol. The number of benzene rings is 2. The highest BCUT2D eigenvalue weighted by molar-refractivity contribution is 7.15. The lowest BCUT2D eigenvalue weighted by Gasteiger charge is -1.98. The Morgan fingerprint density at radius 1 is 1.08 bits per heavy atom. The maximum Gasteiger partial charge on any atom is 0.250 e. The van der Waals surface area contributed by atoms with Crippen molar-refractivity contribution in [1.82, 2.24) is 10.2 Å². The minimum Gasteiger partial charge on any atom is -0.297 e. The first-order chi connectivity index (χ1) is 11.7. The summed E-state index contributed by atoms with van der Waals surface area (Å²) in [6.45, 7) is 0. The molecule has 0 aliphatic rings. The van der Waals surface area contributed by atoms with Gasteiger partial charge in [-0.1, -0.05) is 59.9 Å². The number of hydrogen-bond donors (Lipinski definition) is 1. The number of halogens is 1. The second-order valence-electron chi connectivity index (χ2n) is 5.00. The number of rotatable bonds is 5. The molecule has 1 heterocycles. The molecule has 2 aromatic carbocycles. The van der Waals surface area contributed by atoms with Gasteiger partial charge in [-0.25, -0.2) is 4.39 Å². The summed E-state index contributed by atoms with van der Waals surface area (Å²) in [6.07, 6.45) is 3.50. The predicted molar refractivity (Wildman–Crippen MR) is 93.2 cm³/mol. The van der Waals surface area contributed by atoms with E-state index in [1.165, 1.54) is 23.5 Å². The standard InChI is InChI=1S/C18H14FN3OS/c19-15-9-5-4-8-14(15)12-17-21-22-18(24-17)20-16(23)11-10-13-6-2-1-3-7-13/h1-11H,12H2,(H,20,22,23)/b11-10+. The summed E-state index contributed by atoms with van der Waals surface area (Å²) in [5.74, 6) is -0.559. The predicted octanol–water partition coefficient (Wildman–Crippen LogP) is 3.92. The van der Waals surface area contributed by atoms with Crippen molar-refractivity contribution >= 4 is 28.5 Å². The number of anilines is 1. The van der Waals surface area contributed by atoms with Gasteiger partial charge in [0.1, 0.15) is 10.8 Å². The van der Waals surface area contributed by atoms with Gasteiger partial charge in [0.15, 0.2) is 0 Å². The third kappa shape index (κ3) is 4.33. The van der Waals surface area contributed by atoms with E-state index in [0.29, 0.717) is 22.1 Å². The van der Waals surface area contributed by atoms with Gasteiger partial charge in [-0.2, -0.15) is 0 Å². The number of aromatic nitrogens is 2. The number of amides is 1. The number of carbonyl (C=O) groups is 1. The minimum atomic E-state index is -0.285. The molecule has 1 N–H and O–H groups in total. The molecule has 0 radical (unpaired) electrons. The zero-order valence-electron chi connectivity index (χ0n) is 12.6. The van der Waals surface area contributed by atoms with Gasteiger partial charge >= 0.3 is 0 Å². The highest BCUT2D eigenvalue weighted by atomic mass is 32.1. The Hall–Kier alpha value is -2.86. The van der Waals surface area contributed by atoms with Gasteiger partial charge in [0.25, 0.3) is 0 Å². The Labute approximate surface area is 142 Å². The molecular formula is C18H14FN3OS. The molecule has 120 valence electrons. The summed E-state index contributed by atoms with van der Waals surface area (Å²) in [6, 6.07) is 16.1. The van der Waals surface area contributed by atoms with Crippen LogP contribution in [0.25, 0.3) is 6.08 Å². The molecule has 0 saturated heterocycles. The van der Waals surface area contributed by atoms with Crippen molar-refractivity contribution in [3.63, 3.8) is 0 Å². The van der Waals surface area contributed by atoms with Gasteiger partial charge in [-0.05, 0) is 23.3 Å². The Morgan fingerprint density at radius 2 is 1.83 bits per heavy atom. The van der Waals surface area contributed by atoms with Crippen molar-refractivity contribution in [3.8, 4) is 0 Å². The summed E-state index contributed by atoms with van der Waals surface area (Å²) in [7, 11) is 0. The van der Waals surface area contributed by atoms with Crippen LogP contribution in [0.2, 0.25) is 0 Å². The van der Waals surface area contributed by atoms with Crippen LogP contribution >= 0.6 is 11.3 Å².